The van der Waals surface area contributed by atoms with Crippen LogP contribution < -0.4 is 0 Å². The molecule has 8 nitrogen and oxygen atoms in total. The summed E-state index contributed by atoms with van der Waals surface area (Å²) in [5.74, 6) is -1.29. The molecule has 0 aliphatic rings. The number of hydrogen-bond acceptors (Lipinski definition) is 10. The maximum absolute atomic E-state index is 11.9. The highest BCUT2D eigenvalue weighted by Gasteiger charge is 2.13. The van der Waals surface area contributed by atoms with Crippen LogP contribution in [0.4, 0.5) is 0 Å². The summed E-state index contributed by atoms with van der Waals surface area (Å²) >= 11 is 2.88. The summed E-state index contributed by atoms with van der Waals surface area (Å²) in [5, 5.41) is 18.6. The molecule has 0 radical (unpaired) electrons. The third-order valence-electron chi connectivity index (χ3n) is 5.41. The molecule has 0 fully saturated rings. The molecule has 0 saturated heterocycles. The molecular formula is C30H22N4O4S2. The van der Waals surface area contributed by atoms with Gasteiger partial charge < -0.3 is 9.47 Å². The Morgan fingerprint density at radius 1 is 0.750 bits per heavy atom. The van der Waals surface area contributed by atoms with Gasteiger partial charge in [-0.25, -0.2) is 9.59 Å². The number of carbonyl (C=O) groups is 2. The zero-order chi connectivity index (χ0) is 28.5. The summed E-state index contributed by atoms with van der Waals surface area (Å²) in [7, 11) is 0. The average Bonchev–Trinajstić information content (AvgIpc) is 3.65. The van der Waals surface area contributed by atoms with Crippen molar-refractivity contribution in [1.29, 1.82) is 10.5 Å². The van der Waals surface area contributed by atoms with Gasteiger partial charge in [-0.3, -0.25) is 9.97 Å². The Hall–Kier alpha value is -4.90. The highest BCUT2D eigenvalue weighted by atomic mass is 32.1. The number of esters is 2. The first-order chi connectivity index (χ1) is 19.4. The Labute approximate surface area is 239 Å². The zero-order valence-corrected chi connectivity index (χ0v) is 23.2. The second-order valence-corrected chi connectivity index (χ2v) is 10.3. The van der Waals surface area contributed by atoms with E-state index in [0.29, 0.717) is 11.4 Å². The fraction of sp³-hybridized carbons (Fsp3) is 0.133. The summed E-state index contributed by atoms with van der Waals surface area (Å²) in [5.41, 5.74) is 3.10. The van der Waals surface area contributed by atoms with E-state index in [1.165, 1.54) is 34.8 Å². The molecule has 4 heterocycles. The molecule has 10 heteroatoms. The maximum Gasteiger partial charge on any atom is 0.348 e. The number of aromatic nitrogens is 2. The number of ether oxygens (including phenoxy) is 2. The Balaban J connectivity index is 1.58. The number of pyridine rings is 2. The van der Waals surface area contributed by atoms with E-state index in [2.05, 4.69) is 9.97 Å². The van der Waals surface area contributed by atoms with Gasteiger partial charge in [0.05, 0.1) is 24.6 Å². The molecule has 0 aliphatic carbocycles. The number of carbonyl (C=O) groups excluding carboxylic acids is 2. The minimum atomic E-state index is -0.643. The van der Waals surface area contributed by atoms with Crippen LogP contribution in [0.15, 0.2) is 72.1 Å². The molecular weight excluding hydrogens is 544 g/mol. The monoisotopic (exact) mass is 566 g/mol. The van der Waals surface area contributed by atoms with Crippen molar-refractivity contribution >= 4 is 46.8 Å². The molecule has 4 aromatic rings. The van der Waals surface area contributed by atoms with Crippen molar-refractivity contribution in [2.45, 2.75) is 13.8 Å². The van der Waals surface area contributed by atoms with Gasteiger partial charge in [0.2, 0.25) is 0 Å². The minimum Gasteiger partial charge on any atom is -0.462 e. The Morgan fingerprint density at radius 2 is 1.18 bits per heavy atom. The second kappa shape index (κ2) is 13.3. The third kappa shape index (κ3) is 6.75. The molecule has 0 unspecified atom stereocenters. The SMILES string of the molecule is CCOC(=O)/C(C#N)=C\c1ccc(-c2ccnc(-c3cc(-c4ccc(/C=C(/C#N)C(=O)OCC)s4)ccn3)c2)s1. The molecule has 40 heavy (non-hydrogen) atoms. The molecule has 0 aliphatic heterocycles. The highest BCUT2D eigenvalue weighted by Crippen LogP contribution is 2.34. The lowest BCUT2D eigenvalue weighted by atomic mass is 10.1. The summed E-state index contributed by atoms with van der Waals surface area (Å²) in [6.07, 6.45) is 6.47. The van der Waals surface area contributed by atoms with Crippen LogP contribution in [0.1, 0.15) is 23.6 Å². The van der Waals surface area contributed by atoms with Crippen LogP contribution in [0.3, 0.4) is 0 Å². The first-order valence-electron chi connectivity index (χ1n) is 12.2. The van der Waals surface area contributed by atoms with Crippen LogP contribution in [-0.2, 0) is 19.1 Å². The molecule has 198 valence electrons. The number of hydrogen-bond donors (Lipinski definition) is 0. The molecule has 0 aromatic carbocycles. The normalized spacial score (nSPS) is 11.4. The molecule has 4 rings (SSSR count). The van der Waals surface area contributed by atoms with Gasteiger partial charge in [0.15, 0.2) is 0 Å². The van der Waals surface area contributed by atoms with Crippen molar-refractivity contribution in [1.82, 2.24) is 9.97 Å². The van der Waals surface area contributed by atoms with Crippen LogP contribution >= 0.6 is 22.7 Å². The number of thiophene rings is 2. The van der Waals surface area contributed by atoms with E-state index >= 15 is 0 Å². The van der Waals surface area contributed by atoms with Crippen LogP contribution in [0.5, 0.6) is 0 Å². The predicted molar refractivity (Wildman–Crippen MR) is 155 cm³/mol. The summed E-state index contributed by atoms with van der Waals surface area (Å²) in [6, 6.07) is 19.0. The van der Waals surface area contributed by atoms with Crippen molar-refractivity contribution in [3.63, 3.8) is 0 Å². The van der Waals surface area contributed by atoms with Gasteiger partial charge >= 0.3 is 11.9 Å². The number of nitriles is 2. The molecule has 0 spiro atoms. The first kappa shape index (κ1) is 28.1. The van der Waals surface area contributed by atoms with Gasteiger partial charge in [-0.2, -0.15) is 10.5 Å². The summed E-state index contributed by atoms with van der Waals surface area (Å²) in [4.78, 5) is 36.3. The minimum absolute atomic E-state index is 0.0522. The van der Waals surface area contributed by atoms with E-state index in [0.717, 1.165) is 30.6 Å². The van der Waals surface area contributed by atoms with Crippen molar-refractivity contribution in [2.75, 3.05) is 13.2 Å². The van der Waals surface area contributed by atoms with E-state index in [1.807, 2.05) is 60.7 Å². The van der Waals surface area contributed by atoms with Gasteiger partial charge in [-0.05, 0) is 85.7 Å². The van der Waals surface area contributed by atoms with Crippen LogP contribution in [0, 0.1) is 22.7 Å². The predicted octanol–water partition coefficient (Wildman–Crippen LogP) is 6.54. The van der Waals surface area contributed by atoms with Crippen LogP contribution in [-0.4, -0.2) is 35.1 Å². The number of nitrogens with zero attached hydrogens (tertiary/aromatic N) is 4. The van der Waals surface area contributed by atoms with Crippen molar-refractivity contribution in [3.05, 3.63) is 81.8 Å². The Bertz CT molecular complexity index is 1580. The third-order valence-corrected chi connectivity index (χ3v) is 7.57. The highest BCUT2D eigenvalue weighted by molar-refractivity contribution is 7.16. The van der Waals surface area contributed by atoms with E-state index in [9.17, 15) is 20.1 Å². The standard InChI is InChI=1S/C30H22N4O4S2/c1-3-37-29(35)21(17-31)13-23-5-7-27(39-23)19-9-11-33-25(15-19)26-16-20(10-12-34-26)28-8-6-24(40-28)14-22(18-32)30(36)38-4-2/h5-16H,3-4H2,1-2H3/b21-13-,22-14-. The van der Waals surface area contributed by atoms with E-state index in [4.69, 9.17) is 9.47 Å². The fourth-order valence-corrected chi connectivity index (χ4v) is 5.49. The molecule has 0 bridgehead atoms. The van der Waals surface area contributed by atoms with Gasteiger partial charge in [0, 0.05) is 31.9 Å². The molecule has 0 amide bonds. The quantitative estimate of drug-likeness (QED) is 0.127. The van der Waals surface area contributed by atoms with Gasteiger partial charge in [-0.15, -0.1) is 22.7 Å². The Kier molecular flexibility index (Phi) is 9.31. The second-order valence-electron chi connectivity index (χ2n) is 8.04. The van der Waals surface area contributed by atoms with E-state index in [-0.39, 0.29) is 24.4 Å². The molecule has 0 atom stereocenters. The average molecular weight is 567 g/mol. The lowest BCUT2D eigenvalue weighted by molar-refractivity contribution is -0.138. The zero-order valence-electron chi connectivity index (χ0n) is 21.6. The number of rotatable bonds is 9. The topological polar surface area (TPSA) is 126 Å². The Morgan fingerprint density at radius 3 is 1.55 bits per heavy atom. The maximum atomic E-state index is 11.9. The fourth-order valence-electron chi connectivity index (χ4n) is 3.59. The van der Waals surface area contributed by atoms with Gasteiger partial charge in [0.1, 0.15) is 23.3 Å². The molecule has 4 aromatic heterocycles. The molecule has 0 saturated carbocycles. The van der Waals surface area contributed by atoms with Crippen LogP contribution in [0.2, 0.25) is 0 Å². The van der Waals surface area contributed by atoms with E-state index < -0.39 is 11.9 Å². The van der Waals surface area contributed by atoms with Crippen molar-refractivity contribution < 1.29 is 19.1 Å². The van der Waals surface area contributed by atoms with E-state index in [1.54, 1.807) is 26.2 Å². The summed E-state index contributed by atoms with van der Waals surface area (Å²) < 4.78 is 9.87. The lowest BCUT2D eigenvalue weighted by Crippen LogP contribution is -2.05. The smallest absolute Gasteiger partial charge is 0.348 e. The van der Waals surface area contributed by atoms with Gasteiger partial charge in [-0.1, -0.05) is 0 Å². The van der Waals surface area contributed by atoms with Gasteiger partial charge in [0.25, 0.3) is 0 Å². The lowest BCUT2D eigenvalue weighted by Gasteiger charge is -2.05. The largest absolute Gasteiger partial charge is 0.462 e. The van der Waals surface area contributed by atoms with Crippen molar-refractivity contribution in [2.24, 2.45) is 0 Å². The molecule has 0 N–H and O–H groups in total. The first-order valence-corrected chi connectivity index (χ1v) is 13.8. The van der Waals surface area contributed by atoms with Crippen molar-refractivity contribution in [3.8, 4) is 44.4 Å². The van der Waals surface area contributed by atoms with Crippen LogP contribution in [0.25, 0.3) is 44.4 Å². The summed E-state index contributed by atoms with van der Waals surface area (Å²) in [6.45, 7) is 3.78.